The van der Waals surface area contributed by atoms with Crippen LogP contribution < -0.4 is 22.7 Å². The molecule has 8 heavy (non-hydrogen) atoms. The van der Waals surface area contributed by atoms with Crippen molar-refractivity contribution in [3.63, 3.8) is 0 Å². The maximum absolute atomic E-state index is 6.54. The summed E-state index contributed by atoms with van der Waals surface area (Å²) in [7, 11) is 0. The monoisotopic (exact) mass is 116 g/mol. The molecule has 6 heteroatoms. The Kier molecular flexibility index (Phi) is 2.35. The van der Waals surface area contributed by atoms with Gasteiger partial charge in [0.1, 0.15) is 0 Å². The summed E-state index contributed by atoms with van der Waals surface area (Å²) in [5.74, 6) is 4.32. The van der Waals surface area contributed by atoms with Crippen LogP contribution in [0.4, 0.5) is 0 Å². The van der Waals surface area contributed by atoms with Crippen LogP contribution in [0.3, 0.4) is 0 Å². The van der Waals surface area contributed by atoms with Gasteiger partial charge in [-0.3, -0.25) is 10.8 Å². The van der Waals surface area contributed by atoms with Gasteiger partial charge in [0.2, 0.25) is 11.9 Å². The van der Waals surface area contributed by atoms with Crippen molar-refractivity contribution in [1.29, 1.82) is 5.41 Å². The predicted octanol–water partition coefficient (Wildman–Crippen LogP) is -2.34. The average molecular weight is 116 g/mol. The standard InChI is InChI=1S/C2H8N6/c3-1(4)7-2(5)8-6/h6H2,(H6,3,4,5,7,8). The lowest BCUT2D eigenvalue weighted by Gasteiger charge is -1.93. The van der Waals surface area contributed by atoms with Crippen molar-refractivity contribution in [3.05, 3.63) is 0 Å². The molecule has 0 aliphatic rings. The Labute approximate surface area is 46.2 Å². The summed E-state index contributed by atoms with van der Waals surface area (Å²) in [4.78, 5) is 3.22. The highest BCUT2D eigenvalue weighted by Crippen LogP contribution is 1.59. The second-order valence-corrected chi connectivity index (χ2v) is 1.03. The van der Waals surface area contributed by atoms with Gasteiger partial charge in [0.15, 0.2) is 0 Å². The molecule has 0 aromatic carbocycles. The minimum Gasteiger partial charge on any atom is -0.368 e. The Morgan fingerprint density at radius 1 is 1.50 bits per heavy atom. The van der Waals surface area contributed by atoms with Gasteiger partial charge in [-0.1, -0.05) is 0 Å². The number of nitrogens with zero attached hydrogens (tertiary/aromatic N) is 1. The lowest BCUT2D eigenvalue weighted by atomic mass is 10.9. The summed E-state index contributed by atoms with van der Waals surface area (Å²) in [6.07, 6.45) is 0. The topological polar surface area (TPSA) is 126 Å². The number of aliphatic imine (C=N–C) groups is 1. The molecular weight excluding hydrogens is 108 g/mol. The van der Waals surface area contributed by atoms with Crippen LogP contribution in [-0.2, 0) is 0 Å². The maximum atomic E-state index is 6.54. The van der Waals surface area contributed by atoms with Crippen molar-refractivity contribution in [2.24, 2.45) is 22.3 Å². The fourth-order valence-electron chi connectivity index (χ4n) is 0.162. The number of rotatable bonds is 0. The molecule has 0 rings (SSSR count). The lowest BCUT2D eigenvalue weighted by Crippen LogP contribution is -2.38. The third-order valence-electron chi connectivity index (χ3n) is 0.389. The van der Waals surface area contributed by atoms with Crippen LogP contribution in [0, 0.1) is 5.41 Å². The van der Waals surface area contributed by atoms with Crippen molar-refractivity contribution < 1.29 is 0 Å². The smallest absolute Gasteiger partial charge is 0.215 e. The summed E-state index contributed by atoms with van der Waals surface area (Å²) >= 11 is 0. The largest absolute Gasteiger partial charge is 0.368 e. The minimum absolute atomic E-state index is 0.0718. The first-order valence-electron chi connectivity index (χ1n) is 1.81. The molecule has 0 unspecified atom stereocenters. The van der Waals surface area contributed by atoms with E-state index in [9.17, 15) is 0 Å². The quantitative estimate of drug-likeness (QED) is 0.105. The molecule has 0 saturated heterocycles. The third-order valence-corrected chi connectivity index (χ3v) is 0.389. The zero-order valence-electron chi connectivity index (χ0n) is 4.18. The summed E-state index contributed by atoms with van der Waals surface area (Å²) in [6.45, 7) is 0. The highest BCUT2D eigenvalue weighted by molar-refractivity contribution is 5.91. The predicted molar refractivity (Wildman–Crippen MR) is 30.9 cm³/mol. The molecule has 0 aromatic rings. The molecule has 46 valence electrons. The van der Waals surface area contributed by atoms with E-state index >= 15 is 0 Å². The van der Waals surface area contributed by atoms with Gasteiger partial charge in [0, 0.05) is 0 Å². The highest BCUT2D eigenvalue weighted by atomic mass is 15.3. The van der Waals surface area contributed by atoms with Gasteiger partial charge in [-0.05, 0) is 0 Å². The van der Waals surface area contributed by atoms with Gasteiger partial charge in [0.25, 0.3) is 0 Å². The average Bonchev–Trinajstić information content (AvgIpc) is 1.65. The van der Waals surface area contributed by atoms with E-state index in [1.165, 1.54) is 0 Å². The van der Waals surface area contributed by atoms with Crippen molar-refractivity contribution in [2.45, 2.75) is 0 Å². The molecule has 0 saturated carbocycles. The minimum atomic E-state index is -0.375. The van der Waals surface area contributed by atoms with E-state index in [4.69, 9.17) is 22.7 Å². The number of hydrogen-bond donors (Lipinski definition) is 5. The van der Waals surface area contributed by atoms with Crippen molar-refractivity contribution >= 4 is 11.9 Å². The van der Waals surface area contributed by atoms with Gasteiger partial charge in [-0.25, -0.2) is 5.84 Å². The number of guanidine groups is 2. The Bertz CT molecular complexity index is 114. The van der Waals surface area contributed by atoms with Crippen LogP contribution in [0.5, 0.6) is 0 Å². The number of hydrogen-bond acceptors (Lipinski definition) is 2. The molecule has 0 fully saturated rings. The molecule has 0 amide bonds. The zero-order valence-corrected chi connectivity index (χ0v) is 4.18. The molecule has 0 aliphatic carbocycles. The fourth-order valence-corrected chi connectivity index (χ4v) is 0.162. The molecule has 0 heterocycles. The summed E-state index contributed by atoms with van der Waals surface area (Å²) in [5.41, 5.74) is 11.8. The molecule has 0 aliphatic heterocycles. The van der Waals surface area contributed by atoms with E-state index in [0.717, 1.165) is 0 Å². The Morgan fingerprint density at radius 2 is 2.00 bits per heavy atom. The zero-order chi connectivity index (χ0) is 6.57. The van der Waals surface area contributed by atoms with Gasteiger partial charge in [0.05, 0.1) is 0 Å². The van der Waals surface area contributed by atoms with Crippen LogP contribution in [0.1, 0.15) is 0 Å². The molecule has 0 radical (unpaired) electrons. The van der Waals surface area contributed by atoms with Gasteiger partial charge >= 0.3 is 0 Å². The normalized spacial score (nSPS) is 10.9. The van der Waals surface area contributed by atoms with Crippen LogP contribution in [0.25, 0.3) is 0 Å². The summed E-state index contributed by atoms with van der Waals surface area (Å²) in [5, 5.41) is 6.54. The van der Waals surface area contributed by atoms with Crippen molar-refractivity contribution in [3.8, 4) is 0 Å². The van der Waals surface area contributed by atoms with Gasteiger partial charge in [-0.15, -0.1) is 0 Å². The summed E-state index contributed by atoms with van der Waals surface area (Å²) < 4.78 is 0. The van der Waals surface area contributed by atoms with E-state index in [2.05, 4.69) is 4.99 Å². The van der Waals surface area contributed by atoms with E-state index in [1.54, 1.807) is 0 Å². The molecule has 8 N–H and O–H groups in total. The van der Waals surface area contributed by atoms with Crippen LogP contribution in [-0.4, -0.2) is 11.9 Å². The maximum Gasteiger partial charge on any atom is 0.215 e. The molecule has 0 bridgehead atoms. The molecule has 0 aromatic heterocycles. The van der Waals surface area contributed by atoms with Gasteiger partial charge in [-0.2, -0.15) is 4.99 Å². The Hall–Kier alpha value is -1.30. The molecular formula is C2H8N6. The number of nitrogens with one attached hydrogen (secondary N) is 2. The van der Waals surface area contributed by atoms with Crippen LogP contribution in [0.15, 0.2) is 4.99 Å². The van der Waals surface area contributed by atoms with Crippen molar-refractivity contribution in [1.82, 2.24) is 5.43 Å². The number of hydrazine groups is 1. The van der Waals surface area contributed by atoms with Gasteiger partial charge < -0.3 is 11.5 Å². The molecule has 6 nitrogen and oxygen atoms in total. The van der Waals surface area contributed by atoms with E-state index in [-0.39, 0.29) is 11.9 Å². The van der Waals surface area contributed by atoms with E-state index in [0.29, 0.717) is 0 Å². The first kappa shape index (κ1) is 6.70. The second-order valence-electron chi connectivity index (χ2n) is 1.03. The number of nitrogens with two attached hydrogens (primary N) is 3. The first-order valence-corrected chi connectivity index (χ1v) is 1.81. The van der Waals surface area contributed by atoms with Crippen molar-refractivity contribution in [2.75, 3.05) is 0 Å². The van der Waals surface area contributed by atoms with E-state index < -0.39 is 0 Å². The second kappa shape index (κ2) is 2.80. The Morgan fingerprint density at radius 3 is 2.12 bits per heavy atom. The molecule has 0 spiro atoms. The SMILES string of the molecule is N=C(N)N=C(N)NN. The van der Waals surface area contributed by atoms with E-state index in [1.807, 2.05) is 5.43 Å². The summed E-state index contributed by atoms with van der Waals surface area (Å²) in [6, 6.07) is 0. The Balaban J connectivity index is 3.75. The van der Waals surface area contributed by atoms with Crippen LogP contribution >= 0.6 is 0 Å². The highest BCUT2D eigenvalue weighted by Gasteiger charge is 1.83. The fraction of sp³-hybridized carbons (Fsp3) is 0. The first-order chi connectivity index (χ1) is 3.66. The lowest BCUT2D eigenvalue weighted by molar-refractivity contribution is 1.01. The third kappa shape index (κ3) is 2.91. The molecule has 0 atom stereocenters. The van der Waals surface area contributed by atoms with Crippen LogP contribution in [0.2, 0.25) is 0 Å².